The highest BCUT2D eigenvalue weighted by molar-refractivity contribution is 5.91. The minimum Gasteiger partial charge on any atom is -0.466 e. The Hall–Kier alpha value is -2.04. The molecule has 5 nitrogen and oxygen atoms in total. The van der Waals surface area contributed by atoms with Crippen LogP contribution in [0.3, 0.4) is 0 Å². The van der Waals surface area contributed by atoms with Crippen LogP contribution in [0.1, 0.15) is 12.6 Å². The van der Waals surface area contributed by atoms with E-state index in [0.29, 0.717) is 23.6 Å². The normalized spacial score (nSPS) is 10.6. The molecule has 0 radical (unpaired) electrons. The predicted octanol–water partition coefficient (Wildman–Crippen LogP) is 1.52. The van der Waals surface area contributed by atoms with E-state index in [9.17, 15) is 4.79 Å². The van der Waals surface area contributed by atoms with Crippen LogP contribution >= 0.6 is 0 Å². The van der Waals surface area contributed by atoms with Crippen molar-refractivity contribution in [3.05, 3.63) is 23.9 Å². The summed E-state index contributed by atoms with van der Waals surface area (Å²) >= 11 is 0. The standard InChI is InChI=1S/C11H12N2O3/c1-2-15-10(14)6-9-7-4-3-5-8(12)11(7)16-13-9/h3-5H,2,6,12H2,1H3. The van der Waals surface area contributed by atoms with Crippen molar-refractivity contribution in [2.24, 2.45) is 0 Å². The fourth-order valence-electron chi connectivity index (χ4n) is 1.51. The number of ether oxygens (including phenoxy) is 1. The Morgan fingerprint density at radius 1 is 1.56 bits per heavy atom. The molecular weight excluding hydrogens is 208 g/mol. The Labute approximate surface area is 92.2 Å². The first-order chi connectivity index (χ1) is 7.72. The van der Waals surface area contributed by atoms with E-state index in [1.165, 1.54) is 0 Å². The number of aromatic nitrogens is 1. The third-order valence-corrected chi connectivity index (χ3v) is 2.22. The monoisotopic (exact) mass is 220 g/mol. The summed E-state index contributed by atoms with van der Waals surface area (Å²) in [7, 11) is 0. The molecule has 2 rings (SSSR count). The van der Waals surface area contributed by atoms with E-state index >= 15 is 0 Å². The Bertz CT molecular complexity index is 519. The van der Waals surface area contributed by atoms with E-state index < -0.39 is 0 Å². The van der Waals surface area contributed by atoms with Gasteiger partial charge in [-0.1, -0.05) is 11.2 Å². The number of hydrogen-bond acceptors (Lipinski definition) is 5. The van der Waals surface area contributed by atoms with Crippen LogP contribution in [-0.2, 0) is 16.0 Å². The summed E-state index contributed by atoms with van der Waals surface area (Å²) < 4.78 is 9.92. The minimum absolute atomic E-state index is 0.101. The van der Waals surface area contributed by atoms with Gasteiger partial charge in [0.1, 0.15) is 5.69 Å². The van der Waals surface area contributed by atoms with Gasteiger partial charge in [-0.3, -0.25) is 4.79 Å². The van der Waals surface area contributed by atoms with Crippen LogP contribution in [0.25, 0.3) is 11.0 Å². The summed E-state index contributed by atoms with van der Waals surface area (Å²) in [6.07, 6.45) is 0.101. The van der Waals surface area contributed by atoms with Gasteiger partial charge in [0.15, 0.2) is 5.58 Å². The van der Waals surface area contributed by atoms with Crippen molar-refractivity contribution in [1.29, 1.82) is 0 Å². The largest absolute Gasteiger partial charge is 0.466 e. The molecule has 0 aliphatic carbocycles. The number of benzene rings is 1. The van der Waals surface area contributed by atoms with E-state index in [1.54, 1.807) is 19.1 Å². The minimum atomic E-state index is -0.319. The van der Waals surface area contributed by atoms with Gasteiger partial charge in [-0.25, -0.2) is 0 Å². The summed E-state index contributed by atoms with van der Waals surface area (Å²) in [5.41, 5.74) is 7.29. The molecule has 0 aliphatic rings. The first kappa shape index (κ1) is 10.5. The molecule has 0 spiro atoms. The van der Waals surface area contributed by atoms with Crippen molar-refractivity contribution in [2.75, 3.05) is 12.3 Å². The van der Waals surface area contributed by atoms with Crippen LogP contribution in [0.2, 0.25) is 0 Å². The molecule has 1 aromatic heterocycles. The van der Waals surface area contributed by atoms with Gasteiger partial charge in [0, 0.05) is 5.39 Å². The topological polar surface area (TPSA) is 78.3 Å². The molecule has 2 aromatic rings. The van der Waals surface area contributed by atoms with E-state index in [2.05, 4.69) is 5.16 Å². The molecule has 16 heavy (non-hydrogen) atoms. The second kappa shape index (κ2) is 4.22. The van der Waals surface area contributed by atoms with Gasteiger partial charge >= 0.3 is 5.97 Å². The van der Waals surface area contributed by atoms with E-state index in [1.807, 2.05) is 6.07 Å². The number of hydrogen-bond donors (Lipinski definition) is 1. The van der Waals surface area contributed by atoms with Crippen molar-refractivity contribution < 1.29 is 14.1 Å². The van der Waals surface area contributed by atoms with Crippen LogP contribution in [0.4, 0.5) is 5.69 Å². The third kappa shape index (κ3) is 1.84. The van der Waals surface area contributed by atoms with Gasteiger partial charge in [-0.2, -0.15) is 0 Å². The summed E-state index contributed by atoms with van der Waals surface area (Å²) in [4.78, 5) is 11.3. The van der Waals surface area contributed by atoms with Gasteiger partial charge in [-0.05, 0) is 19.1 Å². The summed E-state index contributed by atoms with van der Waals surface area (Å²) in [5, 5.41) is 4.58. The molecule has 2 N–H and O–H groups in total. The first-order valence-electron chi connectivity index (χ1n) is 5.00. The number of carbonyl (C=O) groups is 1. The number of esters is 1. The van der Waals surface area contributed by atoms with Gasteiger partial charge in [-0.15, -0.1) is 0 Å². The molecule has 0 saturated carbocycles. The number of fused-ring (bicyclic) bond motifs is 1. The molecule has 1 aromatic carbocycles. The fraction of sp³-hybridized carbons (Fsp3) is 0.273. The Kier molecular flexibility index (Phi) is 2.76. The molecule has 0 unspecified atom stereocenters. The summed E-state index contributed by atoms with van der Waals surface area (Å²) in [5.74, 6) is -0.319. The van der Waals surface area contributed by atoms with Crippen LogP contribution in [0.15, 0.2) is 22.7 Å². The molecular formula is C11H12N2O3. The number of para-hydroxylation sites is 1. The second-order valence-corrected chi connectivity index (χ2v) is 3.33. The Balaban J connectivity index is 2.32. The highest BCUT2D eigenvalue weighted by Gasteiger charge is 2.14. The van der Waals surface area contributed by atoms with Gasteiger partial charge in [0.2, 0.25) is 0 Å². The molecule has 0 aliphatic heterocycles. The third-order valence-electron chi connectivity index (χ3n) is 2.22. The summed E-state index contributed by atoms with van der Waals surface area (Å²) in [6, 6.07) is 5.34. The highest BCUT2D eigenvalue weighted by atomic mass is 16.5. The lowest BCUT2D eigenvalue weighted by Crippen LogP contribution is -2.07. The fourth-order valence-corrected chi connectivity index (χ4v) is 1.51. The lowest BCUT2D eigenvalue weighted by atomic mass is 10.1. The van der Waals surface area contributed by atoms with Crippen LogP contribution in [0, 0.1) is 0 Å². The van der Waals surface area contributed by atoms with Crippen molar-refractivity contribution in [1.82, 2.24) is 5.16 Å². The van der Waals surface area contributed by atoms with Crippen molar-refractivity contribution in [2.45, 2.75) is 13.3 Å². The molecule has 0 fully saturated rings. The smallest absolute Gasteiger partial charge is 0.312 e. The van der Waals surface area contributed by atoms with E-state index in [0.717, 1.165) is 5.39 Å². The Morgan fingerprint density at radius 2 is 2.38 bits per heavy atom. The first-order valence-corrected chi connectivity index (χ1v) is 5.00. The molecule has 5 heteroatoms. The zero-order valence-electron chi connectivity index (χ0n) is 8.90. The van der Waals surface area contributed by atoms with Gasteiger partial charge in [0.05, 0.1) is 18.7 Å². The van der Waals surface area contributed by atoms with Crippen molar-refractivity contribution in [3.63, 3.8) is 0 Å². The molecule has 84 valence electrons. The maximum Gasteiger partial charge on any atom is 0.312 e. The van der Waals surface area contributed by atoms with Gasteiger partial charge < -0.3 is 15.0 Å². The zero-order chi connectivity index (χ0) is 11.5. The average Bonchev–Trinajstić information content (AvgIpc) is 2.64. The van der Waals surface area contributed by atoms with Crippen LogP contribution < -0.4 is 5.73 Å². The lowest BCUT2D eigenvalue weighted by Gasteiger charge is -1.98. The average molecular weight is 220 g/mol. The number of anilines is 1. The van der Waals surface area contributed by atoms with E-state index in [-0.39, 0.29) is 12.4 Å². The maximum atomic E-state index is 11.3. The number of carbonyl (C=O) groups excluding carboxylic acids is 1. The lowest BCUT2D eigenvalue weighted by molar-refractivity contribution is -0.142. The van der Waals surface area contributed by atoms with E-state index in [4.69, 9.17) is 15.0 Å². The van der Waals surface area contributed by atoms with Crippen LogP contribution in [0.5, 0.6) is 0 Å². The highest BCUT2D eigenvalue weighted by Crippen LogP contribution is 2.24. The molecule has 0 amide bonds. The number of nitrogen functional groups attached to an aromatic ring is 1. The van der Waals surface area contributed by atoms with Crippen LogP contribution in [-0.4, -0.2) is 17.7 Å². The maximum absolute atomic E-state index is 11.3. The number of nitrogens with two attached hydrogens (primary N) is 1. The van der Waals surface area contributed by atoms with Crippen molar-refractivity contribution >= 4 is 22.6 Å². The van der Waals surface area contributed by atoms with Crippen molar-refractivity contribution in [3.8, 4) is 0 Å². The summed E-state index contributed by atoms with van der Waals surface area (Å²) in [6.45, 7) is 2.12. The quantitative estimate of drug-likeness (QED) is 0.626. The predicted molar refractivity (Wildman–Crippen MR) is 58.8 cm³/mol. The molecule has 0 bridgehead atoms. The van der Waals surface area contributed by atoms with Gasteiger partial charge in [0.25, 0.3) is 0 Å². The Morgan fingerprint density at radius 3 is 3.12 bits per heavy atom. The number of rotatable bonds is 3. The molecule has 0 saturated heterocycles. The number of nitrogens with zero attached hydrogens (tertiary/aromatic N) is 1. The molecule has 1 heterocycles. The molecule has 0 atom stereocenters. The second-order valence-electron chi connectivity index (χ2n) is 3.33. The SMILES string of the molecule is CCOC(=O)Cc1noc2c(N)cccc12. The zero-order valence-corrected chi connectivity index (χ0v) is 8.90.